The monoisotopic (exact) mass is 283 g/mol. The minimum atomic E-state index is -3.45. The van der Waals surface area contributed by atoms with Crippen molar-refractivity contribution in [2.45, 2.75) is 15.6 Å². The lowest BCUT2D eigenvalue weighted by Crippen LogP contribution is -1.99. The van der Waals surface area contributed by atoms with Crippen LogP contribution in [0, 0.1) is 0 Å². The standard InChI is InChI=1S/C12H13NO3S2/c1-16-9-2-5-11(6-3-9)18(14,15)12-7-4-10(8-13)17-12/h2-7H,8,13H2,1H3. The summed E-state index contributed by atoms with van der Waals surface area (Å²) in [5.74, 6) is 0.628. The molecule has 0 spiro atoms. The van der Waals surface area contributed by atoms with Crippen LogP contribution in [0.2, 0.25) is 0 Å². The Balaban J connectivity index is 2.40. The predicted molar refractivity (Wildman–Crippen MR) is 70.7 cm³/mol. The predicted octanol–water partition coefficient (Wildman–Crippen LogP) is 2.05. The second-order valence-corrected chi connectivity index (χ2v) is 6.95. The van der Waals surface area contributed by atoms with Gasteiger partial charge < -0.3 is 10.5 Å². The number of sulfone groups is 1. The highest BCUT2D eigenvalue weighted by atomic mass is 32.2. The molecule has 0 unspecified atom stereocenters. The number of rotatable bonds is 4. The number of nitrogens with two attached hydrogens (primary N) is 1. The molecule has 0 aliphatic heterocycles. The molecule has 0 atom stereocenters. The van der Waals surface area contributed by atoms with E-state index in [9.17, 15) is 8.42 Å². The molecule has 0 saturated carbocycles. The van der Waals surface area contributed by atoms with Crippen LogP contribution in [0.1, 0.15) is 4.88 Å². The van der Waals surface area contributed by atoms with E-state index >= 15 is 0 Å². The summed E-state index contributed by atoms with van der Waals surface area (Å²) in [5, 5.41) is 0. The highest BCUT2D eigenvalue weighted by Crippen LogP contribution is 2.28. The van der Waals surface area contributed by atoms with Gasteiger partial charge in [0.25, 0.3) is 0 Å². The SMILES string of the molecule is COc1ccc(S(=O)(=O)c2ccc(CN)s2)cc1. The highest BCUT2D eigenvalue weighted by Gasteiger charge is 2.19. The van der Waals surface area contributed by atoms with Crippen molar-refractivity contribution in [2.75, 3.05) is 7.11 Å². The summed E-state index contributed by atoms with van der Waals surface area (Å²) in [6, 6.07) is 9.66. The van der Waals surface area contributed by atoms with Gasteiger partial charge in [0.2, 0.25) is 9.84 Å². The van der Waals surface area contributed by atoms with Crippen LogP contribution in [0.5, 0.6) is 5.75 Å². The van der Waals surface area contributed by atoms with Crippen molar-refractivity contribution >= 4 is 21.2 Å². The minimum absolute atomic E-state index is 0.258. The zero-order valence-electron chi connectivity index (χ0n) is 9.79. The van der Waals surface area contributed by atoms with E-state index < -0.39 is 9.84 Å². The van der Waals surface area contributed by atoms with Gasteiger partial charge >= 0.3 is 0 Å². The Kier molecular flexibility index (Phi) is 3.70. The molecule has 2 N–H and O–H groups in total. The first-order valence-corrected chi connectivity index (χ1v) is 7.56. The van der Waals surface area contributed by atoms with Crippen LogP contribution in [-0.4, -0.2) is 15.5 Å². The molecule has 18 heavy (non-hydrogen) atoms. The van der Waals surface area contributed by atoms with E-state index in [1.807, 2.05) is 0 Å². The van der Waals surface area contributed by atoms with Gasteiger partial charge in [-0.1, -0.05) is 0 Å². The lowest BCUT2D eigenvalue weighted by molar-refractivity contribution is 0.414. The maximum atomic E-state index is 12.3. The Morgan fingerprint density at radius 1 is 1.17 bits per heavy atom. The molecule has 1 heterocycles. The van der Waals surface area contributed by atoms with E-state index in [-0.39, 0.29) is 4.90 Å². The molecule has 0 amide bonds. The normalized spacial score (nSPS) is 11.4. The van der Waals surface area contributed by atoms with Crippen LogP contribution in [0.25, 0.3) is 0 Å². The lowest BCUT2D eigenvalue weighted by Gasteiger charge is -2.03. The van der Waals surface area contributed by atoms with E-state index in [1.165, 1.54) is 30.6 Å². The minimum Gasteiger partial charge on any atom is -0.497 e. The zero-order chi connectivity index (χ0) is 13.2. The van der Waals surface area contributed by atoms with Crippen molar-refractivity contribution in [2.24, 2.45) is 5.73 Å². The topological polar surface area (TPSA) is 69.4 Å². The number of methoxy groups -OCH3 is 1. The van der Waals surface area contributed by atoms with Crippen molar-refractivity contribution in [3.63, 3.8) is 0 Å². The Morgan fingerprint density at radius 3 is 2.33 bits per heavy atom. The van der Waals surface area contributed by atoms with Crippen molar-refractivity contribution < 1.29 is 13.2 Å². The third-order valence-corrected chi connectivity index (χ3v) is 5.84. The van der Waals surface area contributed by atoms with Gasteiger partial charge in [0.05, 0.1) is 12.0 Å². The molecule has 0 radical (unpaired) electrons. The summed E-state index contributed by atoms with van der Waals surface area (Å²) in [6.07, 6.45) is 0. The first kappa shape index (κ1) is 13.1. The van der Waals surface area contributed by atoms with Gasteiger partial charge in [0.15, 0.2) is 0 Å². The van der Waals surface area contributed by atoms with Gasteiger partial charge in [0.1, 0.15) is 9.96 Å². The molecule has 6 heteroatoms. The van der Waals surface area contributed by atoms with Crippen LogP contribution in [-0.2, 0) is 16.4 Å². The summed E-state index contributed by atoms with van der Waals surface area (Å²) in [6.45, 7) is 0.350. The van der Waals surface area contributed by atoms with Crippen molar-refractivity contribution in [1.29, 1.82) is 0 Å². The van der Waals surface area contributed by atoms with Gasteiger partial charge in [-0.3, -0.25) is 0 Å². The van der Waals surface area contributed by atoms with Crippen molar-refractivity contribution in [1.82, 2.24) is 0 Å². The van der Waals surface area contributed by atoms with Crippen molar-refractivity contribution in [3.05, 3.63) is 41.3 Å². The summed E-state index contributed by atoms with van der Waals surface area (Å²) < 4.78 is 29.9. The molecule has 2 rings (SSSR count). The average molecular weight is 283 g/mol. The van der Waals surface area contributed by atoms with Crippen LogP contribution in [0.3, 0.4) is 0 Å². The fraction of sp³-hybridized carbons (Fsp3) is 0.167. The summed E-state index contributed by atoms with van der Waals surface area (Å²) in [7, 11) is -1.91. The van der Waals surface area contributed by atoms with E-state index in [0.717, 1.165) is 4.88 Å². The quantitative estimate of drug-likeness (QED) is 0.932. The summed E-state index contributed by atoms with van der Waals surface area (Å²) in [4.78, 5) is 1.11. The second-order valence-electron chi connectivity index (χ2n) is 3.60. The first-order chi connectivity index (χ1) is 8.57. The van der Waals surface area contributed by atoms with Crippen LogP contribution in [0.15, 0.2) is 45.5 Å². The van der Waals surface area contributed by atoms with Gasteiger partial charge in [-0.25, -0.2) is 8.42 Å². The molecule has 96 valence electrons. The van der Waals surface area contributed by atoms with Crippen LogP contribution in [0.4, 0.5) is 0 Å². The molecule has 0 saturated heterocycles. The molecular weight excluding hydrogens is 270 g/mol. The Morgan fingerprint density at radius 2 is 1.83 bits per heavy atom. The lowest BCUT2D eigenvalue weighted by atomic mass is 10.3. The number of hydrogen-bond donors (Lipinski definition) is 1. The third kappa shape index (κ3) is 2.40. The summed E-state index contributed by atoms with van der Waals surface area (Å²) in [5.41, 5.74) is 5.48. The second kappa shape index (κ2) is 5.09. The third-order valence-electron chi connectivity index (χ3n) is 2.47. The van der Waals surface area contributed by atoms with Gasteiger partial charge in [0, 0.05) is 11.4 Å². The van der Waals surface area contributed by atoms with Gasteiger partial charge in [-0.15, -0.1) is 11.3 Å². The number of hydrogen-bond acceptors (Lipinski definition) is 5. The Hall–Kier alpha value is -1.37. The van der Waals surface area contributed by atoms with Crippen molar-refractivity contribution in [3.8, 4) is 5.75 Å². The fourth-order valence-electron chi connectivity index (χ4n) is 1.48. The number of thiophene rings is 1. The molecule has 4 nitrogen and oxygen atoms in total. The zero-order valence-corrected chi connectivity index (χ0v) is 11.4. The maximum Gasteiger partial charge on any atom is 0.215 e. The maximum absolute atomic E-state index is 12.3. The van der Waals surface area contributed by atoms with E-state index in [2.05, 4.69) is 0 Å². The Bertz CT molecular complexity index is 630. The largest absolute Gasteiger partial charge is 0.497 e. The molecule has 1 aromatic carbocycles. The van der Waals surface area contributed by atoms with E-state index in [4.69, 9.17) is 10.5 Å². The van der Waals surface area contributed by atoms with E-state index in [0.29, 0.717) is 16.5 Å². The molecule has 0 bridgehead atoms. The molecular formula is C12H13NO3S2. The fourth-order valence-corrected chi connectivity index (χ4v) is 4.12. The smallest absolute Gasteiger partial charge is 0.215 e. The molecule has 1 aromatic heterocycles. The highest BCUT2D eigenvalue weighted by molar-refractivity contribution is 7.93. The average Bonchev–Trinajstić information content (AvgIpc) is 2.88. The Labute approximate surface area is 110 Å². The molecule has 2 aromatic rings. The number of benzene rings is 1. The van der Waals surface area contributed by atoms with Gasteiger partial charge in [-0.05, 0) is 36.4 Å². The molecule has 0 aliphatic carbocycles. The summed E-state index contributed by atoms with van der Waals surface area (Å²) >= 11 is 1.20. The molecule has 0 aliphatic rings. The van der Waals surface area contributed by atoms with E-state index in [1.54, 1.807) is 24.3 Å². The molecule has 0 fully saturated rings. The first-order valence-electron chi connectivity index (χ1n) is 5.26. The van der Waals surface area contributed by atoms with Gasteiger partial charge in [-0.2, -0.15) is 0 Å². The van der Waals surface area contributed by atoms with Crippen LogP contribution >= 0.6 is 11.3 Å². The number of ether oxygens (including phenoxy) is 1. The van der Waals surface area contributed by atoms with Crippen LogP contribution < -0.4 is 10.5 Å².